The molecule has 0 saturated heterocycles. The van der Waals surface area contributed by atoms with Crippen molar-refractivity contribution in [1.29, 1.82) is 0 Å². The van der Waals surface area contributed by atoms with Gasteiger partial charge in [0.1, 0.15) is 0 Å². The van der Waals surface area contributed by atoms with Crippen molar-refractivity contribution in [3.63, 3.8) is 0 Å². The van der Waals surface area contributed by atoms with Crippen molar-refractivity contribution < 1.29 is 13.2 Å². The number of hydrogen-bond acceptors (Lipinski definition) is 3. The molecule has 1 N–H and O–H groups in total. The Morgan fingerprint density at radius 3 is 2.30 bits per heavy atom. The maximum atomic E-state index is 12.3. The molecule has 0 heterocycles. The van der Waals surface area contributed by atoms with Gasteiger partial charge in [-0.15, -0.1) is 0 Å². The fourth-order valence-electron chi connectivity index (χ4n) is 1.73. The van der Waals surface area contributed by atoms with Gasteiger partial charge in [-0.2, -0.15) is 0 Å². The van der Waals surface area contributed by atoms with Crippen LogP contribution >= 0.6 is 22.6 Å². The van der Waals surface area contributed by atoms with Crippen molar-refractivity contribution in [2.24, 2.45) is 0 Å². The highest BCUT2D eigenvalue weighted by molar-refractivity contribution is 14.1. The molecule has 4 nitrogen and oxygen atoms in total. The van der Waals surface area contributed by atoms with Crippen LogP contribution in [0.1, 0.15) is 10.4 Å². The largest absolute Gasteiger partial charge is 0.321 e. The van der Waals surface area contributed by atoms with Crippen molar-refractivity contribution in [2.45, 2.75) is 4.90 Å². The number of anilines is 1. The normalized spacial score (nSPS) is 11.1. The van der Waals surface area contributed by atoms with E-state index >= 15 is 0 Å². The van der Waals surface area contributed by atoms with Crippen molar-refractivity contribution in [2.75, 3.05) is 11.6 Å². The van der Waals surface area contributed by atoms with Gasteiger partial charge in [0, 0.05) is 9.83 Å². The lowest BCUT2D eigenvalue weighted by atomic mass is 10.2. The standard InChI is InChI=1S/C14H12INO3S/c1-20(18,19)13-9-5-2-6-10(13)14(17)16-12-8-4-3-7-11(12)15/h2-9H,1H3,(H,16,17). The molecule has 104 valence electrons. The fourth-order valence-corrected chi connectivity index (χ4v) is 3.14. The molecule has 0 atom stereocenters. The van der Waals surface area contributed by atoms with E-state index in [2.05, 4.69) is 27.9 Å². The number of amides is 1. The minimum atomic E-state index is -3.44. The number of para-hydroxylation sites is 1. The predicted octanol–water partition coefficient (Wildman–Crippen LogP) is 2.95. The summed E-state index contributed by atoms with van der Waals surface area (Å²) in [5.74, 6) is -0.435. The zero-order valence-electron chi connectivity index (χ0n) is 10.6. The molecule has 0 aliphatic carbocycles. The van der Waals surface area contributed by atoms with Crippen molar-refractivity contribution in [3.05, 3.63) is 57.7 Å². The summed E-state index contributed by atoms with van der Waals surface area (Å²) in [6.07, 6.45) is 1.09. The van der Waals surface area contributed by atoms with Gasteiger partial charge in [-0.25, -0.2) is 8.42 Å². The summed E-state index contributed by atoms with van der Waals surface area (Å²) in [7, 11) is -3.44. The SMILES string of the molecule is CS(=O)(=O)c1ccccc1C(=O)Nc1ccccc1I. The third-order valence-electron chi connectivity index (χ3n) is 2.65. The third kappa shape index (κ3) is 3.37. The molecule has 1 amide bonds. The lowest BCUT2D eigenvalue weighted by Crippen LogP contribution is -2.16. The molecule has 0 fully saturated rings. The van der Waals surface area contributed by atoms with Crippen LogP contribution in [0.25, 0.3) is 0 Å². The van der Waals surface area contributed by atoms with E-state index in [0.29, 0.717) is 5.69 Å². The average molecular weight is 401 g/mol. The zero-order valence-corrected chi connectivity index (χ0v) is 13.6. The molecule has 0 saturated carbocycles. The quantitative estimate of drug-likeness (QED) is 0.805. The summed E-state index contributed by atoms with van der Waals surface area (Å²) in [6.45, 7) is 0. The van der Waals surface area contributed by atoms with Crippen LogP contribution in [0.2, 0.25) is 0 Å². The minimum Gasteiger partial charge on any atom is -0.321 e. The molecule has 0 aromatic heterocycles. The summed E-state index contributed by atoms with van der Waals surface area (Å²) < 4.78 is 24.3. The van der Waals surface area contributed by atoms with E-state index < -0.39 is 15.7 Å². The summed E-state index contributed by atoms with van der Waals surface area (Å²) in [5.41, 5.74) is 0.802. The van der Waals surface area contributed by atoms with Crippen LogP contribution in [0.5, 0.6) is 0 Å². The molecule has 2 aromatic carbocycles. The first-order valence-corrected chi connectivity index (χ1v) is 8.71. The summed E-state index contributed by atoms with van der Waals surface area (Å²) in [5, 5.41) is 2.73. The highest BCUT2D eigenvalue weighted by Gasteiger charge is 2.18. The van der Waals surface area contributed by atoms with Crippen molar-refractivity contribution >= 4 is 44.0 Å². The van der Waals surface area contributed by atoms with Gasteiger partial charge in [0.05, 0.1) is 16.1 Å². The Morgan fingerprint density at radius 1 is 1.05 bits per heavy atom. The van der Waals surface area contributed by atoms with Crippen LogP contribution in [0.15, 0.2) is 53.4 Å². The van der Waals surface area contributed by atoms with E-state index in [1.807, 2.05) is 12.1 Å². The van der Waals surface area contributed by atoms with Gasteiger partial charge < -0.3 is 5.32 Å². The lowest BCUT2D eigenvalue weighted by Gasteiger charge is -2.10. The van der Waals surface area contributed by atoms with Gasteiger partial charge in [-0.1, -0.05) is 24.3 Å². The smallest absolute Gasteiger partial charge is 0.257 e. The van der Waals surface area contributed by atoms with Gasteiger partial charge in [0.25, 0.3) is 5.91 Å². The third-order valence-corrected chi connectivity index (χ3v) is 4.75. The maximum Gasteiger partial charge on any atom is 0.257 e. The van der Waals surface area contributed by atoms with Crippen LogP contribution < -0.4 is 5.32 Å². The predicted molar refractivity (Wildman–Crippen MR) is 86.7 cm³/mol. The highest BCUT2D eigenvalue weighted by Crippen LogP contribution is 2.20. The number of nitrogens with one attached hydrogen (secondary N) is 1. The number of carbonyl (C=O) groups is 1. The molecule has 6 heteroatoms. The van der Waals surface area contributed by atoms with Crippen LogP contribution in [-0.4, -0.2) is 20.6 Å². The molecular formula is C14H12INO3S. The Morgan fingerprint density at radius 2 is 1.65 bits per heavy atom. The molecule has 0 bridgehead atoms. The van der Waals surface area contributed by atoms with Gasteiger partial charge >= 0.3 is 0 Å². The summed E-state index contributed by atoms with van der Waals surface area (Å²) in [4.78, 5) is 12.3. The Hall–Kier alpha value is -1.41. The second kappa shape index (κ2) is 5.92. The Kier molecular flexibility index (Phi) is 4.44. The minimum absolute atomic E-state index is 0.0310. The molecule has 0 aliphatic heterocycles. The molecule has 2 aromatic rings. The van der Waals surface area contributed by atoms with Gasteiger partial charge in [-0.05, 0) is 46.9 Å². The number of rotatable bonds is 3. The second-order valence-electron chi connectivity index (χ2n) is 4.20. The molecule has 0 unspecified atom stereocenters. The summed E-state index contributed by atoms with van der Waals surface area (Å²) >= 11 is 2.10. The van der Waals surface area contributed by atoms with Crippen LogP contribution in [-0.2, 0) is 9.84 Å². The van der Waals surface area contributed by atoms with Crippen molar-refractivity contribution in [3.8, 4) is 0 Å². The Bertz CT molecular complexity index is 757. The topological polar surface area (TPSA) is 63.2 Å². The molecule has 0 radical (unpaired) electrons. The van der Waals surface area contributed by atoms with E-state index in [1.54, 1.807) is 24.3 Å². The molecule has 20 heavy (non-hydrogen) atoms. The van der Waals surface area contributed by atoms with Crippen LogP contribution in [0.3, 0.4) is 0 Å². The molecule has 2 rings (SSSR count). The van der Waals surface area contributed by atoms with Crippen molar-refractivity contribution in [1.82, 2.24) is 0 Å². The van der Waals surface area contributed by atoms with Crippen LogP contribution in [0, 0.1) is 3.57 Å². The molecule has 0 spiro atoms. The Labute approximate surface area is 131 Å². The first-order valence-electron chi connectivity index (χ1n) is 5.74. The van der Waals surface area contributed by atoms with Crippen LogP contribution in [0.4, 0.5) is 5.69 Å². The van der Waals surface area contributed by atoms with E-state index in [1.165, 1.54) is 12.1 Å². The van der Waals surface area contributed by atoms with E-state index in [0.717, 1.165) is 9.83 Å². The first-order chi connectivity index (χ1) is 9.39. The monoisotopic (exact) mass is 401 g/mol. The van der Waals surface area contributed by atoms with Gasteiger partial charge in [0.15, 0.2) is 9.84 Å². The van der Waals surface area contributed by atoms with E-state index in [4.69, 9.17) is 0 Å². The number of hydrogen-bond donors (Lipinski definition) is 1. The lowest BCUT2D eigenvalue weighted by molar-refractivity contribution is 0.102. The van der Waals surface area contributed by atoms with E-state index in [-0.39, 0.29) is 10.5 Å². The second-order valence-corrected chi connectivity index (χ2v) is 7.35. The number of carbonyl (C=O) groups excluding carboxylic acids is 1. The first kappa shape index (κ1) is 15.0. The maximum absolute atomic E-state index is 12.3. The highest BCUT2D eigenvalue weighted by atomic mass is 127. The fraction of sp³-hybridized carbons (Fsp3) is 0.0714. The molecule has 0 aliphatic rings. The summed E-state index contributed by atoms with van der Waals surface area (Å²) in [6, 6.07) is 13.5. The zero-order chi connectivity index (χ0) is 14.8. The van der Waals surface area contributed by atoms with Gasteiger partial charge in [-0.3, -0.25) is 4.79 Å². The number of benzene rings is 2. The average Bonchev–Trinajstić information content (AvgIpc) is 2.40. The Balaban J connectivity index is 2.39. The van der Waals surface area contributed by atoms with Gasteiger partial charge in [0.2, 0.25) is 0 Å². The number of sulfone groups is 1. The number of halogens is 1. The molecular weight excluding hydrogens is 389 g/mol. The van der Waals surface area contributed by atoms with E-state index in [9.17, 15) is 13.2 Å².